The molecule has 0 aliphatic carbocycles. The number of aliphatic hydroxyl groups is 1. The molecule has 0 aromatic carbocycles. The molecule has 0 heterocycles. The van der Waals surface area contributed by atoms with E-state index in [0.717, 1.165) is 25.7 Å². The van der Waals surface area contributed by atoms with Gasteiger partial charge in [0.05, 0.1) is 0 Å². The van der Waals surface area contributed by atoms with Crippen LogP contribution in [0.15, 0.2) is 0 Å². The average molecular weight is 228 g/mol. The molecule has 0 rings (SSSR count). The molecular formula is C10H19F3O2. The Balaban J connectivity index is 3.24. The molecule has 5 heteroatoms. The van der Waals surface area contributed by atoms with Gasteiger partial charge in [-0.15, -0.1) is 0 Å². The van der Waals surface area contributed by atoms with Crippen LogP contribution in [0.1, 0.15) is 39.0 Å². The Hall–Kier alpha value is -0.290. The topological polar surface area (TPSA) is 29.5 Å². The number of unbranched alkanes of at least 4 members (excludes halogenated alkanes) is 3. The largest absolute Gasteiger partial charge is 0.414 e. The lowest BCUT2D eigenvalue weighted by Gasteiger charge is -2.14. The molecule has 0 aromatic heterocycles. The number of halogens is 3. The number of aliphatic hydroxyl groups excluding tert-OH is 1. The number of alkyl halides is 3. The predicted molar refractivity (Wildman–Crippen MR) is 51.6 cm³/mol. The first-order chi connectivity index (χ1) is 6.98. The van der Waals surface area contributed by atoms with Gasteiger partial charge < -0.3 is 9.84 Å². The first-order valence-corrected chi connectivity index (χ1v) is 5.31. The standard InChI is InChI=1S/C10H19F3O2/c1-2-3-4-5-7-15-8-6-9(14)10(11,12)13/h9,14H,2-8H2,1H3. The third-order valence-electron chi connectivity index (χ3n) is 2.06. The number of hydrogen-bond acceptors (Lipinski definition) is 2. The van der Waals surface area contributed by atoms with Crippen molar-refractivity contribution in [3.8, 4) is 0 Å². The van der Waals surface area contributed by atoms with E-state index < -0.39 is 12.3 Å². The summed E-state index contributed by atoms with van der Waals surface area (Å²) in [7, 11) is 0. The van der Waals surface area contributed by atoms with Crippen LogP contribution in [0.3, 0.4) is 0 Å². The summed E-state index contributed by atoms with van der Waals surface area (Å²) in [6, 6.07) is 0. The van der Waals surface area contributed by atoms with Gasteiger partial charge in [0.1, 0.15) is 0 Å². The Morgan fingerprint density at radius 2 is 1.80 bits per heavy atom. The van der Waals surface area contributed by atoms with Crippen molar-refractivity contribution in [2.75, 3.05) is 13.2 Å². The summed E-state index contributed by atoms with van der Waals surface area (Å²) in [5, 5.41) is 8.62. The first-order valence-electron chi connectivity index (χ1n) is 5.31. The minimum atomic E-state index is -4.52. The molecule has 1 atom stereocenters. The van der Waals surface area contributed by atoms with E-state index in [1.807, 2.05) is 0 Å². The van der Waals surface area contributed by atoms with Crippen LogP contribution < -0.4 is 0 Å². The van der Waals surface area contributed by atoms with Crippen molar-refractivity contribution in [2.45, 2.75) is 51.3 Å². The highest BCUT2D eigenvalue weighted by Crippen LogP contribution is 2.21. The van der Waals surface area contributed by atoms with Gasteiger partial charge in [-0.2, -0.15) is 13.2 Å². The van der Waals surface area contributed by atoms with E-state index in [1.54, 1.807) is 0 Å². The maximum absolute atomic E-state index is 11.8. The molecule has 0 spiro atoms. The maximum Gasteiger partial charge on any atom is 0.414 e. The summed E-state index contributed by atoms with van der Waals surface area (Å²) in [5.74, 6) is 0. The van der Waals surface area contributed by atoms with Crippen LogP contribution in [-0.2, 0) is 4.74 Å². The van der Waals surface area contributed by atoms with Gasteiger partial charge in [0.25, 0.3) is 0 Å². The quantitative estimate of drug-likeness (QED) is 0.647. The number of rotatable bonds is 8. The van der Waals surface area contributed by atoms with Gasteiger partial charge in [0.2, 0.25) is 0 Å². The molecule has 0 fully saturated rings. The second kappa shape index (κ2) is 7.93. The van der Waals surface area contributed by atoms with Crippen LogP contribution in [0.5, 0.6) is 0 Å². The summed E-state index contributed by atoms with van der Waals surface area (Å²) < 4.78 is 40.4. The van der Waals surface area contributed by atoms with Crippen molar-refractivity contribution in [2.24, 2.45) is 0 Å². The minimum absolute atomic E-state index is 0.0349. The van der Waals surface area contributed by atoms with Gasteiger partial charge in [-0.1, -0.05) is 26.2 Å². The molecule has 0 aliphatic heterocycles. The number of ether oxygens (including phenoxy) is 1. The molecule has 0 saturated carbocycles. The van der Waals surface area contributed by atoms with Crippen LogP contribution in [0, 0.1) is 0 Å². The molecule has 0 aromatic rings. The van der Waals surface area contributed by atoms with Crippen molar-refractivity contribution in [3.63, 3.8) is 0 Å². The Morgan fingerprint density at radius 3 is 2.33 bits per heavy atom. The fourth-order valence-corrected chi connectivity index (χ4v) is 1.09. The third kappa shape index (κ3) is 8.69. The lowest BCUT2D eigenvalue weighted by molar-refractivity contribution is -0.208. The van der Waals surface area contributed by atoms with E-state index in [-0.39, 0.29) is 13.0 Å². The molecule has 1 unspecified atom stereocenters. The van der Waals surface area contributed by atoms with Crippen molar-refractivity contribution in [1.29, 1.82) is 0 Å². The Bertz CT molecular complexity index is 148. The van der Waals surface area contributed by atoms with Crippen molar-refractivity contribution < 1.29 is 23.0 Å². The molecule has 0 aliphatic rings. The van der Waals surface area contributed by atoms with Crippen LogP contribution in [0.25, 0.3) is 0 Å². The first kappa shape index (κ1) is 14.7. The smallest absolute Gasteiger partial charge is 0.384 e. The summed E-state index contributed by atoms with van der Waals surface area (Å²) in [4.78, 5) is 0. The summed E-state index contributed by atoms with van der Waals surface area (Å²) in [5.41, 5.74) is 0. The normalized spacial score (nSPS) is 14.2. The highest BCUT2D eigenvalue weighted by Gasteiger charge is 2.37. The molecule has 0 bridgehead atoms. The van der Waals surface area contributed by atoms with Crippen LogP contribution >= 0.6 is 0 Å². The SMILES string of the molecule is CCCCCCOCCC(O)C(F)(F)F. The molecular weight excluding hydrogens is 209 g/mol. The van der Waals surface area contributed by atoms with E-state index >= 15 is 0 Å². The Labute approximate surface area is 88.4 Å². The molecule has 92 valence electrons. The zero-order valence-electron chi connectivity index (χ0n) is 9.02. The summed E-state index contributed by atoms with van der Waals surface area (Å²) in [6.07, 6.45) is -3.01. The van der Waals surface area contributed by atoms with E-state index in [2.05, 4.69) is 6.92 Å². The second-order valence-electron chi connectivity index (χ2n) is 3.52. The van der Waals surface area contributed by atoms with E-state index in [1.165, 1.54) is 0 Å². The molecule has 2 nitrogen and oxygen atoms in total. The summed E-state index contributed by atoms with van der Waals surface area (Å²) in [6.45, 7) is 2.53. The fraction of sp³-hybridized carbons (Fsp3) is 1.00. The van der Waals surface area contributed by atoms with Gasteiger partial charge >= 0.3 is 6.18 Å². The Kier molecular flexibility index (Phi) is 7.78. The van der Waals surface area contributed by atoms with E-state index in [0.29, 0.717) is 6.61 Å². The Morgan fingerprint density at radius 1 is 1.13 bits per heavy atom. The zero-order valence-corrected chi connectivity index (χ0v) is 9.02. The fourth-order valence-electron chi connectivity index (χ4n) is 1.09. The van der Waals surface area contributed by atoms with Gasteiger partial charge in [0, 0.05) is 19.6 Å². The highest BCUT2D eigenvalue weighted by molar-refractivity contribution is 4.64. The van der Waals surface area contributed by atoms with Gasteiger partial charge in [-0.25, -0.2) is 0 Å². The van der Waals surface area contributed by atoms with Gasteiger partial charge in [-0.05, 0) is 6.42 Å². The monoisotopic (exact) mass is 228 g/mol. The maximum atomic E-state index is 11.8. The van der Waals surface area contributed by atoms with Crippen LogP contribution in [0.4, 0.5) is 13.2 Å². The summed E-state index contributed by atoms with van der Waals surface area (Å²) >= 11 is 0. The molecule has 0 saturated heterocycles. The molecule has 0 radical (unpaired) electrons. The third-order valence-corrected chi connectivity index (χ3v) is 2.06. The number of hydrogen-bond donors (Lipinski definition) is 1. The van der Waals surface area contributed by atoms with Crippen LogP contribution in [-0.4, -0.2) is 30.6 Å². The van der Waals surface area contributed by atoms with E-state index in [9.17, 15) is 13.2 Å². The van der Waals surface area contributed by atoms with Crippen molar-refractivity contribution in [3.05, 3.63) is 0 Å². The average Bonchev–Trinajstić information content (AvgIpc) is 2.14. The molecule has 0 amide bonds. The second-order valence-corrected chi connectivity index (χ2v) is 3.52. The molecule has 15 heavy (non-hydrogen) atoms. The predicted octanol–water partition coefficient (Wildman–Crippen LogP) is 2.90. The van der Waals surface area contributed by atoms with Crippen molar-refractivity contribution >= 4 is 0 Å². The minimum Gasteiger partial charge on any atom is -0.384 e. The lowest BCUT2D eigenvalue weighted by atomic mass is 10.2. The van der Waals surface area contributed by atoms with Gasteiger partial charge in [0.15, 0.2) is 6.10 Å². The lowest BCUT2D eigenvalue weighted by Crippen LogP contribution is -2.29. The van der Waals surface area contributed by atoms with Crippen LogP contribution in [0.2, 0.25) is 0 Å². The van der Waals surface area contributed by atoms with E-state index in [4.69, 9.17) is 9.84 Å². The molecule has 1 N–H and O–H groups in total. The van der Waals surface area contributed by atoms with Gasteiger partial charge in [-0.3, -0.25) is 0 Å². The van der Waals surface area contributed by atoms with Crippen molar-refractivity contribution in [1.82, 2.24) is 0 Å². The zero-order chi connectivity index (χ0) is 11.7. The highest BCUT2D eigenvalue weighted by atomic mass is 19.4.